The van der Waals surface area contributed by atoms with Crippen LogP contribution in [0, 0.1) is 6.92 Å². The number of aromatic nitrogens is 1. The molecule has 0 aliphatic heterocycles. The fourth-order valence-electron chi connectivity index (χ4n) is 2.79. The van der Waals surface area contributed by atoms with E-state index in [4.69, 9.17) is 0 Å². The van der Waals surface area contributed by atoms with Crippen LogP contribution in [0.15, 0.2) is 48.5 Å². The summed E-state index contributed by atoms with van der Waals surface area (Å²) in [6, 6.07) is 14.5. The molecule has 3 N–H and O–H groups in total. The maximum Gasteiger partial charge on any atom is 0.257 e. The summed E-state index contributed by atoms with van der Waals surface area (Å²) in [4.78, 5) is 41.0. The fourth-order valence-corrected chi connectivity index (χ4v) is 3.75. The van der Waals surface area contributed by atoms with Crippen LogP contribution in [0.3, 0.4) is 0 Å². The van der Waals surface area contributed by atoms with E-state index in [2.05, 4.69) is 20.9 Å². The molecule has 0 aliphatic carbocycles. The smallest absolute Gasteiger partial charge is 0.257 e. The Balaban J connectivity index is 1.86. The molecule has 0 saturated carbocycles. The minimum Gasteiger partial charge on any atom is -0.326 e. The van der Waals surface area contributed by atoms with Gasteiger partial charge >= 0.3 is 0 Å². The number of carbonyl (C=O) groups excluding carboxylic acids is 3. The number of thiazole rings is 1. The number of carbonyl (C=O) groups is 3. The molecule has 0 fully saturated rings. The monoisotopic (exact) mass is 408 g/mol. The molecular formula is C21H20N4O3S. The Kier molecular flexibility index (Phi) is 6.04. The Morgan fingerprint density at radius 2 is 1.45 bits per heavy atom. The van der Waals surface area contributed by atoms with Gasteiger partial charge in [0.05, 0.1) is 10.6 Å². The van der Waals surface area contributed by atoms with E-state index < -0.39 is 5.91 Å². The molecule has 3 aromatic rings. The van der Waals surface area contributed by atoms with Crippen molar-refractivity contribution in [1.82, 2.24) is 4.98 Å². The molecular weight excluding hydrogens is 388 g/mol. The fraction of sp³-hybridized carbons (Fsp3) is 0.143. The minimum atomic E-state index is -0.392. The lowest BCUT2D eigenvalue weighted by Gasteiger charge is -2.10. The van der Waals surface area contributed by atoms with Crippen LogP contribution in [-0.2, 0) is 9.59 Å². The average molecular weight is 408 g/mol. The summed E-state index contributed by atoms with van der Waals surface area (Å²) in [6.45, 7) is 4.63. The number of hydrogen-bond acceptors (Lipinski definition) is 5. The van der Waals surface area contributed by atoms with Crippen molar-refractivity contribution in [3.8, 4) is 10.4 Å². The van der Waals surface area contributed by atoms with E-state index in [9.17, 15) is 14.4 Å². The van der Waals surface area contributed by atoms with Gasteiger partial charge in [-0.25, -0.2) is 4.98 Å². The zero-order valence-corrected chi connectivity index (χ0v) is 17.0. The van der Waals surface area contributed by atoms with Gasteiger partial charge in [-0.1, -0.05) is 41.7 Å². The molecule has 29 heavy (non-hydrogen) atoms. The van der Waals surface area contributed by atoms with Crippen molar-refractivity contribution in [1.29, 1.82) is 0 Å². The van der Waals surface area contributed by atoms with Gasteiger partial charge in [-0.3, -0.25) is 19.7 Å². The van der Waals surface area contributed by atoms with Crippen LogP contribution in [0.1, 0.15) is 29.9 Å². The summed E-state index contributed by atoms with van der Waals surface area (Å²) in [5.74, 6) is -0.948. The van der Waals surface area contributed by atoms with Gasteiger partial charge in [-0.15, -0.1) is 0 Å². The predicted octanol–water partition coefficient (Wildman–Crippen LogP) is 4.29. The Morgan fingerprint density at radius 3 is 2.00 bits per heavy atom. The van der Waals surface area contributed by atoms with Gasteiger partial charge in [0.15, 0.2) is 5.13 Å². The van der Waals surface area contributed by atoms with E-state index in [-0.39, 0.29) is 17.4 Å². The van der Waals surface area contributed by atoms with Crippen molar-refractivity contribution < 1.29 is 14.4 Å². The van der Waals surface area contributed by atoms with Gasteiger partial charge in [-0.05, 0) is 30.7 Å². The molecule has 3 amide bonds. The second-order valence-electron chi connectivity index (χ2n) is 6.42. The molecule has 1 heterocycles. The number of nitrogens with zero attached hydrogens (tertiary/aromatic N) is 1. The first-order valence-electron chi connectivity index (χ1n) is 8.86. The number of anilines is 3. The first-order chi connectivity index (χ1) is 13.8. The van der Waals surface area contributed by atoms with Crippen molar-refractivity contribution >= 4 is 45.6 Å². The summed E-state index contributed by atoms with van der Waals surface area (Å²) < 4.78 is 0. The second kappa shape index (κ2) is 8.66. The van der Waals surface area contributed by atoms with Crippen LogP contribution in [0.25, 0.3) is 10.4 Å². The molecule has 0 aliphatic rings. The highest BCUT2D eigenvalue weighted by Gasteiger charge is 2.15. The molecule has 0 atom stereocenters. The number of amides is 3. The highest BCUT2D eigenvalue weighted by atomic mass is 32.1. The van der Waals surface area contributed by atoms with E-state index in [1.54, 1.807) is 18.2 Å². The van der Waals surface area contributed by atoms with Gasteiger partial charge in [0.2, 0.25) is 11.8 Å². The third-order valence-corrected chi connectivity index (χ3v) is 5.01. The Labute approximate surface area is 172 Å². The van der Waals surface area contributed by atoms with Crippen molar-refractivity contribution in [3.05, 3.63) is 59.8 Å². The van der Waals surface area contributed by atoms with Gasteiger partial charge < -0.3 is 10.6 Å². The maximum absolute atomic E-state index is 12.8. The number of aryl methyl sites for hydroxylation is 1. The van der Waals surface area contributed by atoms with Gasteiger partial charge in [0.25, 0.3) is 5.91 Å². The van der Waals surface area contributed by atoms with Crippen LogP contribution in [-0.4, -0.2) is 22.7 Å². The number of rotatable bonds is 5. The van der Waals surface area contributed by atoms with Gasteiger partial charge in [0.1, 0.15) is 0 Å². The molecule has 3 rings (SSSR count). The Hall–Kier alpha value is -3.52. The molecule has 7 nitrogen and oxygen atoms in total. The van der Waals surface area contributed by atoms with Crippen LogP contribution in [0.2, 0.25) is 0 Å². The summed E-state index contributed by atoms with van der Waals surface area (Å²) in [6.07, 6.45) is 0. The molecule has 2 aromatic carbocycles. The van der Waals surface area contributed by atoms with E-state index in [1.165, 1.54) is 25.2 Å². The maximum atomic E-state index is 12.8. The van der Waals surface area contributed by atoms with E-state index >= 15 is 0 Å². The van der Waals surface area contributed by atoms with Crippen molar-refractivity contribution in [3.63, 3.8) is 0 Å². The molecule has 8 heteroatoms. The quantitative estimate of drug-likeness (QED) is 0.586. The molecule has 0 saturated heterocycles. The molecule has 0 spiro atoms. The number of benzene rings is 2. The predicted molar refractivity (Wildman–Crippen MR) is 115 cm³/mol. The third kappa shape index (κ3) is 5.26. The largest absolute Gasteiger partial charge is 0.326 e. The Morgan fingerprint density at radius 1 is 0.862 bits per heavy atom. The highest BCUT2D eigenvalue weighted by Crippen LogP contribution is 2.32. The van der Waals surface area contributed by atoms with Crippen LogP contribution in [0.4, 0.5) is 16.5 Å². The lowest BCUT2D eigenvalue weighted by Crippen LogP contribution is -2.15. The zero-order valence-electron chi connectivity index (χ0n) is 16.2. The lowest BCUT2D eigenvalue weighted by atomic mass is 10.1. The standard InChI is InChI=1S/C21H20N4O3S/c1-12-19(15-7-5-4-6-8-15)29-21(22-12)25-20(28)16-9-17(23-13(2)26)11-18(10-16)24-14(3)27/h4-11H,1-3H3,(H,23,26)(H,24,27)(H,22,25,28). The van der Waals surface area contributed by atoms with Crippen molar-refractivity contribution in [2.24, 2.45) is 0 Å². The van der Waals surface area contributed by atoms with Gasteiger partial charge in [0, 0.05) is 30.8 Å². The average Bonchev–Trinajstić information content (AvgIpc) is 3.01. The summed E-state index contributed by atoms with van der Waals surface area (Å²) in [5, 5.41) is 8.52. The second-order valence-corrected chi connectivity index (χ2v) is 7.41. The first-order valence-corrected chi connectivity index (χ1v) is 9.68. The Bertz CT molecular complexity index is 1040. The zero-order chi connectivity index (χ0) is 21.0. The third-order valence-electron chi connectivity index (χ3n) is 3.89. The van der Waals surface area contributed by atoms with E-state index in [1.807, 2.05) is 37.3 Å². The van der Waals surface area contributed by atoms with Crippen LogP contribution < -0.4 is 16.0 Å². The van der Waals surface area contributed by atoms with E-state index in [0.29, 0.717) is 16.5 Å². The molecule has 148 valence electrons. The SMILES string of the molecule is CC(=O)Nc1cc(NC(C)=O)cc(C(=O)Nc2nc(C)c(-c3ccccc3)s2)c1. The summed E-state index contributed by atoms with van der Waals surface area (Å²) in [5.41, 5.74) is 2.96. The minimum absolute atomic E-state index is 0.278. The summed E-state index contributed by atoms with van der Waals surface area (Å²) in [7, 11) is 0. The van der Waals surface area contributed by atoms with Gasteiger partial charge in [-0.2, -0.15) is 0 Å². The highest BCUT2D eigenvalue weighted by molar-refractivity contribution is 7.19. The lowest BCUT2D eigenvalue weighted by molar-refractivity contribution is -0.115. The first kappa shape index (κ1) is 20.2. The van der Waals surface area contributed by atoms with Crippen molar-refractivity contribution in [2.45, 2.75) is 20.8 Å². The van der Waals surface area contributed by atoms with E-state index in [0.717, 1.165) is 16.1 Å². The van der Waals surface area contributed by atoms with Crippen molar-refractivity contribution in [2.75, 3.05) is 16.0 Å². The molecule has 1 aromatic heterocycles. The molecule has 0 bridgehead atoms. The number of nitrogens with one attached hydrogen (secondary N) is 3. The number of hydrogen-bond donors (Lipinski definition) is 3. The normalized spacial score (nSPS) is 10.3. The molecule has 0 unspecified atom stereocenters. The van der Waals surface area contributed by atoms with Crippen LogP contribution >= 0.6 is 11.3 Å². The van der Waals surface area contributed by atoms with Crippen LogP contribution in [0.5, 0.6) is 0 Å². The topological polar surface area (TPSA) is 100 Å². The molecule has 0 radical (unpaired) electrons. The summed E-state index contributed by atoms with van der Waals surface area (Å²) >= 11 is 1.38.